The fourth-order valence-electron chi connectivity index (χ4n) is 1.45. The second kappa shape index (κ2) is 4.21. The van der Waals surface area contributed by atoms with Gasteiger partial charge in [-0.25, -0.2) is 22.6 Å². The Hall–Kier alpha value is -2.24. The summed E-state index contributed by atoms with van der Waals surface area (Å²) in [5.41, 5.74) is 0.128. The van der Waals surface area contributed by atoms with Gasteiger partial charge in [-0.15, -0.1) is 0 Å². The van der Waals surface area contributed by atoms with Crippen molar-refractivity contribution in [2.24, 2.45) is 5.14 Å². The molecule has 92 valence electrons. The second-order valence-electron chi connectivity index (χ2n) is 3.41. The van der Waals surface area contributed by atoms with E-state index in [2.05, 4.69) is 5.10 Å². The number of halogens is 1. The normalized spacial score (nSPS) is 11.2. The predicted octanol–water partition coefficient (Wildman–Crippen LogP) is 0.530. The van der Waals surface area contributed by atoms with Crippen molar-refractivity contribution in [1.82, 2.24) is 9.78 Å². The lowest BCUT2D eigenvalue weighted by molar-refractivity contribution is 0.587. The van der Waals surface area contributed by atoms with Crippen LogP contribution in [0.2, 0.25) is 0 Å². The van der Waals surface area contributed by atoms with Crippen LogP contribution in [0.3, 0.4) is 0 Å². The fourth-order valence-corrected chi connectivity index (χ4v) is 2.25. The molecule has 0 aliphatic carbocycles. The molecule has 1 heterocycles. The molecule has 0 saturated heterocycles. The molecule has 8 heteroatoms. The molecule has 0 saturated carbocycles. The molecule has 0 bridgehead atoms. The van der Waals surface area contributed by atoms with Gasteiger partial charge < -0.3 is 0 Å². The monoisotopic (exact) mass is 266 g/mol. The Morgan fingerprint density at radius 2 is 1.94 bits per heavy atom. The molecule has 0 atom stereocenters. The number of nitrogens with zero attached hydrogens (tertiary/aromatic N) is 3. The summed E-state index contributed by atoms with van der Waals surface area (Å²) in [4.78, 5) is 0. The topological polar surface area (TPSA) is 102 Å². The van der Waals surface area contributed by atoms with E-state index >= 15 is 0 Å². The van der Waals surface area contributed by atoms with Crippen molar-refractivity contribution in [3.63, 3.8) is 0 Å². The number of benzene rings is 1. The molecular formula is C10H7FN4O2S. The zero-order valence-corrected chi connectivity index (χ0v) is 9.72. The lowest BCUT2D eigenvalue weighted by Crippen LogP contribution is -2.18. The lowest BCUT2D eigenvalue weighted by atomic mass is 10.3. The highest BCUT2D eigenvalue weighted by molar-refractivity contribution is 7.89. The molecule has 1 aromatic carbocycles. The predicted molar refractivity (Wildman–Crippen MR) is 59.6 cm³/mol. The number of rotatable bonds is 2. The van der Waals surface area contributed by atoms with Crippen LogP contribution in [-0.4, -0.2) is 18.2 Å². The number of hydrogen-bond acceptors (Lipinski definition) is 4. The maximum absolute atomic E-state index is 12.8. The van der Waals surface area contributed by atoms with Crippen molar-refractivity contribution in [2.75, 3.05) is 0 Å². The minimum Gasteiger partial charge on any atom is -0.223 e. The standard InChI is InChI=1S/C10H7FN4O2S/c11-8-1-3-9(4-2-8)15-10(18(13,16)17)7(5-12)6-14-15/h1-4,6H,(H2,13,16,17). The van der Waals surface area contributed by atoms with Crippen LogP contribution in [0.1, 0.15) is 5.56 Å². The molecule has 18 heavy (non-hydrogen) atoms. The van der Waals surface area contributed by atoms with E-state index in [1.807, 2.05) is 0 Å². The van der Waals surface area contributed by atoms with Gasteiger partial charge in [-0.3, -0.25) is 0 Å². The first-order chi connectivity index (χ1) is 8.43. The molecule has 6 nitrogen and oxygen atoms in total. The molecule has 0 aliphatic rings. The van der Waals surface area contributed by atoms with Gasteiger partial charge >= 0.3 is 0 Å². The van der Waals surface area contributed by atoms with Gasteiger partial charge in [0, 0.05) is 0 Å². The molecule has 2 rings (SSSR count). The van der Waals surface area contributed by atoms with Gasteiger partial charge in [0.2, 0.25) is 0 Å². The third-order valence-electron chi connectivity index (χ3n) is 2.19. The van der Waals surface area contributed by atoms with E-state index in [0.29, 0.717) is 5.69 Å². The van der Waals surface area contributed by atoms with E-state index in [-0.39, 0.29) is 5.56 Å². The van der Waals surface area contributed by atoms with E-state index in [0.717, 1.165) is 23.0 Å². The van der Waals surface area contributed by atoms with Crippen molar-refractivity contribution < 1.29 is 12.8 Å². The number of primary sulfonamides is 1. The quantitative estimate of drug-likeness (QED) is 0.856. The van der Waals surface area contributed by atoms with Gasteiger partial charge in [0.05, 0.1) is 11.9 Å². The average molecular weight is 266 g/mol. The molecule has 2 N–H and O–H groups in total. The Balaban J connectivity index is 2.70. The SMILES string of the molecule is N#Cc1cnn(-c2ccc(F)cc2)c1S(N)(=O)=O. The van der Waals surface area contributed by atoms with Crippen LogP contribution in [0.25, 0.3) is 5.69 Å². The maximum Gasteiger partial charge on any atom is 0.257 e. The summed E-state index contributed by atoms with van der Waals surface area (Å²) in [5, 5.41) is 17.2. The average Bonchev–Trinajstić information content (AvgIpc) is 2.73. The van der Waals surface area contributed by atoms with Crippen LogP contribution in [-0.2, 0) is 10.0 Å². The Kier molecular flexibility index (Phi) is 2.86. The summed E-state index contributed by atoms with van der Waals surface area (Å²) < 4.78 is 36.6. The molecular weight excluding hydrogens is 259 g/mol. The van der Waals surface area contributed by atoms with Crippen LogP contribution < -0.4 is 5.14 Å². The zero-order chi connectivity index (χ0) is 13.3. The van der Waals surface area contributed by atoms with E-state index < -0.39 is 20.9 Å². The highest BCUT2D eigenvalue weighted by atomic mass is 32.2. The fraction of sp³-hybridized carbons (Fsp3) is 0. The van der Waals surface area contributed by atoms with Crippen LogP contribution in [0.15, 0.2) is 35.5 Å². The van der Waals surface area contributed by atoms with Gasteiger partial charge in [0.25, 0.3) is 10.0 Å². The van der Waals surface area contributed by atoms with Crippen LogP contribution in [0, 0.1) is 17.1 Å². The largest absolute Gasteiger partial charge is 0.257 e. The third-order valence-corrected chi connectivity index (χ3v) is 3.12. The molecule has 0 fully saturated rings. The summed E-state index contributed by atoms with van der Waals surface area (Å²) in [7, 11) is -4.11. The van der Waals surface area contributed by atoms with E-state index in [4.69, 9.17) is 10.4 Å². The summed E-state index contributed by atoms with van der Waals surface area (Å²) in [6.45, 7) is 0. The summed E-state index contributed by atoms with van der Waals surface area (Å²) in [6, 6.07) is 6.65. The smallest absolute Gasteiger partial charge is 0.223 e. The maximum atomic E-state index is 12.8. The molecule has 0 amide bonds. The Labute approximate surface area is 102 Å². The van der Waals surface area contributed by atoms with E-state index in [1.54, 1.807) is 6.07 Å². The first-order valence-corrected chi connectivity index (χ1v) is 6.25. The second-order valence-corrected chi connectivity index (χ2v) is 4.89. The number of hydrogen-bond donors (Lipinski definition) is 1. The lowest BCUT2D eigenvalue weighted by Gasteiger charge is -2.05. The first-order valence-electron chi connectivity index (χ1n) is 4.70. The van der Waals surface area contributed by atoms with Crippen LogP contribution >= 0.6 is 0 Å². The van der Waals surface area contributed by atoms with Crippen LogP contribution in [0.5, 0.6) is 0 Å². The molecule has 2 aromatic rings. The number of nitrogens with two attached hydrogens (primary N) is 1. The highest BCUT2D eigenvalue weighted by Gasteiger charge is 2.22. The van der Waals surface area contributed by atoms with Crippen molar-refractivity contribution in [2.45, 2.75) is 5.03 Å². The Morgan fingerprint density at radius 3 is 2.44 bits per heavy atom. The van der Waals surface area contributed by atoms with Gasteiger partial charge in [-0.1, -0.05) is 0 Å². The van der Waals surface area contributed by atoms with Gasteiger partial charge in [-0.05, 0) is 24.3 Å². The minimum atomic E-state index is -4.11. The summed E-state index contributed by atoms with van der Waals surface area (Å²) in [6.07, 6.45) is 1.09. The Bertz CT molecular complexity index is 728. The first kappa shape index (κ1) is 12.2. The zero-order valence-electron chi connectivity index (χ0n) is 8.91. The van der Waals surface area contributed by atoms with Crippen LogP contribution in [0.4, 0.5) is 4.39 Å². The molecule has 0 aliphatic heterocycles. The van der Waals surface area contributed by atoms with E-state index in [1.165, 1.54) is 12.1 Å². The highest BCUT2D eigenvalue weighted by Crippen LogP contribution is 2.18. The number of sulfonamides is 1. The van der Waals surface area contributed by atoms with Crippen molar-refractivity contribution in [1.29, 1.82) is 5.26 Å². The molecule has 1 aromatic heterocycles. The van der Waals surface area contributed by atoms with Gasteiger partial charge in [0.1, 0.15) is 17.4 Å². The van der Waals surface area contributed by atoms with Gasteiger partial charge in [-0.2, -0.15) is 10.4 Å². The number of nitriles is 1. The summed E-state index contributed by atoms with van der Waals surface area (Å²) >= 11 is 0. The van der Waals surface area contributed by atoms with E-state index in [9.17, 15) is 12.8 Å². The Morgan fingerprint density at radius 1 is 1.33 bits per heavy atom. The summed E-state index contributed by atoms with van der Waals surface area (Å²) in [5.74, 6) is -0.469. The van der Waals surface area contributed by atoms with Gasteiger partial charge in [0.15, 0.2) is 5.03 Å². The molecule has 0 unspecified atom stereocenters. The van der Waals surface area contributed by atoms with Crippen molar-refractivity contribution in [3.05, 3.63) is 41.8 Å². The molecule has 0 radical (unpaired) electrons. The third kappa shape index (κ3) is 2.09. The molecule has 0 spiro atoms. The number of aromatic nitrogens is 2. The van der Waals surface area contributed by atoms with Crippen molar-refractivity contribution >= 4 is 10.0 Å². The minimum absolute atomic E-state index is 0.165. The van der Waals surface area contributed by atoms with Crippen molar-refractivity contribution in [3.8, 4) is 11.8 Å².